The summed E-state index contributed by atoms with van der Waals surface area (Å²) < 4.78 is 45.5. The van der Waals surface area contributed by atoms with Crippen molar-refractivity contribution in [2.24, 2.45) is 0 Å². The van der Waals surface area contributed by atoms with Crippen molar-refractivity contribution >= 4 is 33.6 Å². The summed E-state index contributed by atoms with van der Waals surface area (Å²) in [6.07, 6.45) is 0.204. The number of ether oxygens (including phenoxy) is 1. The fraction of sp³-hybridized carbons (Fsp3) is 0.286. The third-order valence-corrected chi connectivity index (χ3v) is 6.75. The molecule has 11 heteroatoms. The van der Waals surface area contributed by atoms with E-state index in [1.165, 1.54) is 24.3 Å². The van der Waals surface area contributed by atoms with Gasteiger partial charge in [0.15, 0.2) is 6.61 Å². The smallest absolute Gasteiger partial charge is 0.417 e. The van der Waals surface area contributed by atoms with Crippen LogP contribution in [-0.2, 0) is 19.6 Å². The van der Waals surface area contributed by atoms with Crippen LogP contribution in [0.1, 0.15) is 23.2 Å². The zero-order valence-corrected chi connectivity index (χ0v) is 17.7. The number of carbonyl (C=O) groups is 3. The molecule has 2 heterocycles. The van der Waals surface area contributed by atoms with Crippen molar-refractivity contribution in [1.29, 1.82) is 0 Å². The summed E-state index contributed by atoms with van der Waals surface area (Å²) in [5.41, 5.74) is 0.444. The summed E-state index contributed by atoms with van der Waals surface area (Å²) in [4.78, 5) is 38.9. The molecule has 3 amide bonds. The lowest BCUT2D eigenvalue weighted by molar-refractivity contribution is -0.127. The van der Waals surface area contributed by atoms with Crippen LogP contribution in [0.15, 0.2) is 53.4 Å². The van der Waals surface area contributed by atoms with E-state index < -0.39 is 21.9 Å². The Hall–Kier alpha value is -3.47. The van der Waals surface area contributed by atoms with Gasteiger partial charge in [-0.2, -0.15) is 0 Å². The Labute approximate surface area is 183 Å². The predicted octanol–water partition coefficient (Wildman–Crippen LogP) is 2.21. The average Bonchev–Trinajstić information content (AvgIpc) is 3.11. The van der Waals surface area contributed by atoms with E-state index in [1.54, 1.807) is 17.0 Å². The van der Waals surface area contributed by atoms with Crippen LogP contribution in [0.25, 0.3) is 0 Å². The number of carbonyl (C=O) groups excluding carboxylic acids is 3. The number of nitrogens with zero attached hydrogens (tertiary/aromatic N) is 2. The van der Waals surface area contributed by atoms with Crippen LogP contribution in [0.5, 0.6) is 0 Å². The first-order valence-electron chi connectivity index (χ1n) is 9.91. The topological polar surface area (TPSA) is 113 Å². The van der Waals surface area contributed by atoms with Crippen molar-refractivity contribution in [3.05, 3.63) is 59.9 Å². The summed E-state index contributed by atoms with van der Waals surface area (Å²) in [7, 11) is -4.03. The van der Waals surface area contributed by atoms with Crippen molar-refractivity contribution in [2.75, 3.05) is 24.4 Å². The molecule has 0 bridgehead atoms. The fourth-order valence-electron chi connectivity index (χ4n) is 3.79. The summed E-state index contributed by atoms with van der Waals surface area (Å²) in [6, 6.07) is 10.3. The first kappa shape index (κ1) is 21.8. The number of cyclic esters (lactones) is 1. The predicted molar refractivity (Wildman–Crippen MR) is 111 cm³/mol. The van der Waals surface area contributed by atoms with Gasteiger partial charge in [-0.15, -0.1) is 0 Å². The molecule has 2 aliphatic heterocycles. The molecular formula is C21H20FN3O6S. The number of nitrogens with one attached hydrogen (secondary N) is 1. The molecule has 0 aliphatic carbocycles. The second kappa shape index (κ2) is 8.58. The number of rotatable bonds is 5. The van der Waals surface area contributed by atoms with Gasteiger partial charge in [-0.05, 0) is 49.2 Å². The Morgan fingerprint density at radius 2 is 1.78 bits per heavy atom. The lowest BCUT2D eigenvalue weighted by Gasteiger charge is -2.34. The molecule has 1 N–H and O–H groups in total. The molecule has 0 spiro atoms. The van der Waals surface area contributed by atoms with Gasteiger partial charge in [0, 0.05) is 30.4 Å². The van der Waals surface area contributed by atoms with E-state index >= 15 is 0 Å². The minimum Gasteiger partial charge on any atom is -0.439 e. The van der Waals surface area contributed by atoms with Crippen LogP contribution in [0.2, 0.25) is 0 Å². The molecule has 168 valence electrons. The summed E-state index contributed by atoms with van der Waals surface area (Å²) in [6.45, 7) is 0.413. The molecule has 0 radical (unpaired) electrons. The highest BCUT2D eigenvalue weighted by Gasteiger charge is 2.39. The van der Waals surface area contributed by atoms with Crippen molar-refractivity contribution in [3.8, 4) is 0 Å². The van der Waals surface area contributed by atoms with Gasteiger partial charge in [-0.1, -0.05) is 12.1 Å². The van der Waals surface area contributed by atoms with Gasteiger partial charge in [0.25, 0.3) is 21.8 Å². The fourth-order valence-corrected chi connectivity index (χ4v) is 4.87. The zero-order valence-electron chi connectivity index (χ0n) is 16.9. The number of imide groups is 1. The quantitative estimate of drug-likeness (QED) is 0.731. The second-order valence-corrected chi connectivity index (χ2v) is 9.17. The highest BCUT2D eigenvalue weighted by molar-refractivity contribution is 7.92. The lowest BCUT2D eigenvalue weighted by atomic mass is 10.0. The summed E-state index contributed by atoms with van der Waals surface area (Å²) in [5, 5.41) is 0. The van der Waals surface area contributed by atoms with E-state index in [4.69, 9.17) is 4.74 Å². The number of hydrogen-bond donors (Lipinski definition) is 1. The molecule has 2 aliphatic rings. The molecule has 2 fully saturated rings. The van der Waals surface area contributed by atoms with Gasteiger partial charge in [0.05, 0.1) is 4.90 Å². The van der Waals surface area contributed by atoms with Crippen molar-refractivity contribution in [1.82, 2.24) is 9.80 Å². The Kier molecular flexibility index (Phi) is 5.83. The molecule has 4 rings (SSSR count). The Morgan fingerprint density at radius 3 is 2.44 bits per heavy atom. The maximum absolute atomic E-state index is 13.4. The van der Waals surface area contributed by atoms with E-state index in [0.717, 1.165) is 17.0 Å². The maximum Gasteiger partial charge on any atom is 0.417 e. The number of benzene rings is 2. The highest BCUT2D eigenvalue weighted by atomic mass is 32.2. The number of hydrogen-bond acceptors (Lipinski definition) is 6. The number of anilines is 1. The zero-order chi connectivity index (χ0) is 22.9. The van der Waals surface area contributed by atoms with Crippen molar-refractivity contribution < 1.29 is 31.9 Å². The van der Waals surface area contributed by atoms with Gasteiger partial charge >= 0.3 is 6.09 Å². The number of sulfonamides is 1. The molecule has 32 heavy (non-hydrogen) atoms. The van der Waals surface area contributed by atoms with Crippen molar-refractivity contribution in [2.45, 2.75) is 23.8 Å². The van der Waals surface area contributed by atoms with E-state index in [0.29, 0.717) is 25.9 Å². The van der Waals surface area contributed by atoms with Crippen molar-refractivity contribution in [3.63, 3.8) is 0 Å². The Balaban J connectivity index is 1.43. The normalized spacial score (nSPS) is 17.4. The summed E-state index contributed by atoms with van der Waals surface area (Å²) in [5.74, 6) is -1.35. The molecule has 0 saturated carbocycles. The van der Waals surface area contributed by atoms with Gasteiger partial charge in [0.2, 0.25) is 0 Å². The minimum atomic E-state index is -4.03. The maximum atomic E-state index is 13.4. The molecule has 2 aromatic carbocycles. The SMILES string of the molecule is O=C(c1cccc(NS(=O)(=O)c2cccc(F)c2)c1)N1CCC(N2C(=O)COC2=O)CC1. The monoisotopic (exact) mass is 461 g/mol. The van der Waals surface area contributed by atoms with Crippen LogP contribution in [0.3, 0.4) is 0 Å². The summed E-state index contributed by atoms with van der Waals surface area (Å²) >= 11 is 0. The lowest BCUT2D eigenvalue weighted by Crippen LogP contribution is -2.48. The third kappa shape index (κ3) is 4.42. The molecule has 9 nitrogen and oxygen atoms in total. The first-order valence-corrected chi connectivity index (χ1v) is 11.4. The molecular weight excluding hydrogens is 441 g/mol. The largest absolute Gasteiger partial charge is 0.439 e. The van der Waals surface area contributed by atoms with E-state index in [2.05, 4.69) is 4.72 Å². The third-order valence-electron chi connectivity index (χ3n) is 5.37. The average molecular weight is 461 g/mol. The van der Waals surface area contributed by atoms with Crippen LogP contribution >= 0.6 is 0 Å². The van der Waals surface area contributed by atoms with Crippen LogP contribution in [0, 0.1) is 5.82 Å². The Bertz CT molecular complexity index is 1160. The number of amides is 3. The van der Waals surface area contributed by atoms with E-state index in [-0.39, 0.29) is 40.6 Å². The van der Waals surface area contributed by atoms with E-state index in [1.807, 2.05) is 0 Å². The van der Waals surface area contributed by atoms with Crippen LogP contribution in [-0.4, -0.2) is 61.9 Å². The minimum absolute atomic E-state index is 0.167. The first-order chi connectivity index (χ1) is 15.2. The molecule has 0 unspecified atom stereocenters. The van der Waals surface area contributed by atoms with Gasteiger partial charge in [-0.25, -0.2) is 22.5 Å². The molecule has 2 aromatic rings. The number of halogens is 1. The standard InChI is InChI=1S/C21H20FN3O6S/c22-15-4-2-6-18(12-15)32(29,30)23-16-5-1-3-14(11-16)20(27)24-9-7-17(8-10-24)25-19(26)13-31-21(25)28/h1-6,11-12,17,23H,7-10,13H2. The van der Waals surface area contributed by atoms with Crippen LogP contribution < -0.4 is 4.72 Å². The number of likely N-dealkylation sites (tertiary alicyclic amines) is 1. The Morgan fingerprint density at radius 1 is 1.06 bits per heavy atom. The van der Waals surface area contributed by atoms with Gasteiger partial charge in [-0.3, -0.25) is 14.3 Å². The molecule has 0 atom stereocenters. The van der Waals surface area contributed by atoms with Crippen LogP contribution in [0.4, 0.5) is 14.9 Å². The highest BCUT2D eigenvalue weighted by Crippen LogP contribution is 2.23. The van der Waals surface area contributed by atoms with Gasteiger partial charge < -0.3 is 9.64 Å². The number of piperidine rings is 1. The van der Waals surface area contributed by atoms with E-state index in [9.17, 15) is 27.2 Å². The molecule has 2 saturated heterocycles. The molecule has 0 aromatic heterocycles. The van der Waals surface area contributed by atoms with Gasteiger partial charge in [0.1, 0.15) is 5.82 Å². The second-order valence-electron chi connectivity index (χ2n) is 7.49.